The number of amides is 2. The number of nitrogens with two attached hydrogens (primary N) is 2. The molecular formula is C53H62N20O3. The first kappa shape index (κ1) is 48.9. The van der Waals surface area contributed by atoms with Crippen LogP contribution in [0.25, 0.3) is 44.8 Å². The average Bonchev–Trinajstić information content (AvgIpc) is 4.09. The largest absolute Gasteiger partial charge is 0.378 e. The standard InChI is InChI=1S/C53H62N20O3/c1-66-15-17-72(41(31-66)37-7-3-35(4-8-37)11-13-70-33-60-45-43(39-27-56-49(54)57-28-39)62-51(64-47(45)70)68-19-23-75-24-20-68)53(74)73-18-16-67(2)32-42(73)38-9-5-36(6-10-38)12-14-71-34-61-46-44(40-29-58-50(55)59-30-40)63-52(65-48(46)71)69-21-25-76-26-22-69/h3-10,27-30,33-34,41-42H,11-26,31-32H2,1-2H3,(H2,54,56,57)(H2,55,58,59). The van der Waals surface area contributed by atoms with Crippen molar-refractivity contribution in [1.82, 2.24) is 78.6 Å². The SMILES string of the molecule is CN1CCN(C(=O)N2CCN(C)CC2c2ccc(CCn3cnc4c(-c5cnc(N)nc5)nc(N5CCOCC5)nc43)cc2)C(c2ccc(CCn3cnc4c(-c5cnc(N)nc5)nc(N5CCOCC5)nc43)cc2)C1. The van der Waals surface area contributed by atoms with Gasteiger partial charge >= 0.3 is 6.03 Å². The van der Waals surface area contributed by atoms with Crippen LogP contribution in [0.2, 0.25) is 0 Å². The van der Waals surface area contributed by atoms with Crippen LogP contribution in [0.5, 0.6) is 0 Å². The molecule has 0 spiro atoms. The lowest BCUT2D eigenvalue weighted by atomic mass is 9.98. The normalized spacial score (nSPS) is 19.0. The van der Waals surface area contributed by atoms with Crippen LogP contribution in [-0.2, 0) is 35.4 Å². The smallest absolute Gasteiger partial charge is 0.321 e. The Bertz CT molecular complexity index is 3090. The zero-order valence-corrected chi connectivity index (χ0v) is 42.9. The lowest BCUT2D eigenvalue weighted by molar-refractivity contribution is 0.0518. The van der Waals surface area contributed by atoms with Crippen LogP contribution in [0.3, 0.4) is 0 Å². The second kappa shape index (κ2) is 21.3. The zero-order valence-electron chi connectivity index (χ0n) is 42.9. The molecule has 12 rings (SSSR count). The second-order valence-electron chi connectivity index (χ2n) is 20.0. The summed E-state index contributed by atoms with van der Waals surface area (Å²) in [6, 6.07) is 17.4. The highest BCUT2D eigenvalue weighted by atomic mass is 16.5. The molecule has 0 radical (unpaired) electrons. The van der Waals surface area contributed by atoms with Gasteiger partial charge < -0.3 is 59.5 Å². The van der Waals surface area contributed by atoms with Crippen LogP contribution >= 0.6 is 0 Å². The number of nitrogen functional groups attached to an aromatic ring is 2. The molecule has 0 aliphatic carbocycles. The van der Waals surface area contributed by atoms with Crippen molar-refractivity contribution >= 4 is 52.2 Å². The Balaban J connectivity index is 0.735. The number of piperazine rings is 2. The summed E-state index contributed by atoms with van der Waals surface area (Å²) < 4.78 is 15.4. The first-order valence-corrected chi connectivity index (χ1v) is 26.1. The third kappa shape index (κ3) is 10.1. The van der Waals surface area contributed by atoms with Gasteiger partial charge in [0.1, 0.15) is 22.4 Å². The monoisotopic (exact) mass is 1030 g/mol. The molecule has 10 heterocycles. The van der Waals surface area contributed by atoms with Gasteiger partial charge in [0.25, 0.3) is 0 Å². The molecule has 4 saturated heterocycles. The van der Waals surface area contributed by atoms with Gasteiger partial charge in [-0.15, -0.1) is 0 Å². The summed E-state index contributed by atoms with van der Waals surface area (Å²) in [7, 11) is 4.27. The minimum Gasteiger partial charge on any atom is -0.378 e. The van der Waals surface area contributed by atoms with Crippen LogP contribution in [0.4, 0.5) is 28.6 Å². The van der Waals surface area contributed by atoms with Crippen LogP contribution in [0.1, 0.15) is 34.3 Å². The third-order valence-electron chi connectivity index (χ3n) is 15.1. The number of urea groups is 1. The molecule has 0 saturated carbocycles. The molecule has 2 unspecified atom stereocenters. The Labute approximate surface area is 439 Å². The number of carbonyl (C=O) groups is 1. The Hall–Kier alpha value is -7.99. The van der Waals surface area contributed by atoms with Gasteiger partial charge in [-0.05, 0) is 49.2 Å². The molecule has 23 heteroatoms. The highest BCUT2D eigenvalue weighted by molar-refractivity contribution is 5.89. The predicted octanol–water partition coefficient (Wildman–Crippen LogP) is 3.60. The maximum absolute atomic E-state index is 15.0. The topological polar surface area (TPSA) is 246 Å². The Morgan fingerprint density at radius 3 is 1.32 bits per heavy atom. The fourth-order valence-electron chi connectivity index (χ4n) is 10.7. The molecule has 4 aliphatic rings. The van der Waals surface area contributed by atoms with Crippen molar-refractivity contribution in [2.75, 3.05) is 127 Å². The number of benzene rings is 2. The number of fused-ring (bicyclic) bond motifs is 2. The number of morpholine rings is 2. The minimum absolute atomic E-state index is 0.0787. The van der Waals surface area contributed by atoms with E-state index in [1.165, 1.54) is 11.1 Å². The summed E-state index contributed by atoms with van der Waals surface area (Å²) >= 11 is 0. The number of hydrogen-bond donors (Lipinski definition) is 2. The van der Waals surface area contributed by atoms with Gasteiger partial charge in [0.15, 0.2) is 11.3 Å². The summed E-state index contributed by atoms with van der Waals surface area (Å²) in [5.41, 5.74) is 21.9. The lowest BCUT2D eigenvalue weighted by Crippen LogP contribution is -2.57. The van der Waals surface area contributed by atoms with E-state index < -0.39 is 0 Å². The fraction of sp³-hybridized carbons (Fsp3) is 0.415. The number of aromatic nitrogens is 12. The van der Waals surface area contributed by atoms with Crippen LogP contribution < -0.4 is 21.3 Å². The van der Waals surface area contributed by atoms with E-state index in [-0.39, 0.29) is 30.0 Å². The Morgan fingerprint density at radius 2 is 0.921 bits per heavy atom. The summed E-state index contributed by atoms with van der Waals surface area (Å²) in [5.74, 6) is 1.64. The van der Waals surface area contributed by atoms with Crippen molar-refractivity contribution < 1.29 is 14.3 Å². The maximum atomic E-state index is 15.0. The molecule has 4 fully saturated rings. The first-order valence-electron chi connectivity index (χ1n) is 26.1. The Kier molecular flexibility index (Phi) is 13.7. The highest BCUT2D eigenvalue weighted by Gasteiger charge is 2.38. The van der Waals surface area contributed by atoms with E-state index in [2.05, 4.69) is 121 Å². The van der Waals surface area contributed by atoms with Gasteiger partial charge in [0, 0.05) is 114 Å². The summed E-state index contributed by atoms with van der Waals surface area (Å²) in [4.78, 5) is 74.5. The van der Waals surface area contributed by atoms with Crippen molar-refractivity contribution in [2.24, 2.45) is 0 Å². The number of carbonyl (C=O) groups excluding carboxylic acids is 1. The minimum atomic E-state index is -0.100. The number of likely N-dealkylation sites (N-methyl/N-ethyl adjacent to an activating group) is 2. The third-order valence-corrected chi connectivity index (χ3v) is 15.1. The van der Waals surface area contributed by atoms with Crippen LogP contribution in [0, 0.1) is 0 Å². The number of aryl methyl sites for hydroxylation is 4. The quantitative estimate of drug-likeness (QED) is 0.178. The molecule has 2 atom stereocenters. The van der Waals surface area contributed by atoms with Gasteiger partial charge in [0.2, 0.25) is 23.8 Å². The molecule has 2 amide bonds. The summed E-state index contributed by atoms with van der Waals surface area (Å²) in [6.45, 7) is 10.9. The number of hydrogen-bond acceptors (Lipinski definition) is 19. The fourth-order valence-corrected chi connectivity index (χ4v) is 10.7. The van der Waals surface area contributed by atoms with Crippen molar-refractivity contribution in [3.8, 4) is 22.5 Å². The van der Waals surface area contributed by atoms with Gasteiger partial charge in [-0.3, -0.25) is 0 Å². The highest BCUT2D eigenvalue weighted by Crippen LogP contribution is 2.34. The number of ether oxygens (including phenoxy) is 2. The molecule has 23 nitrogen and oxygen atoms in total. The van der Waals surface area contributed by atoms with Crippen molar-refractivity contribution in [2.45, 2.75) is 38.0 Å². The van der Waals surface area contributed by atoms with E-state index in [1.54, 1.807) is 24.8 Å². The van der Waals surface area contributed by atoms with Crippen LogP contribution in [-0.4, -0.2) is 191 Å². The number of nitrogens with zero attached hydrogens (tertiary/aromatic N) is 18. The molecular weight excluding hydrogens is 965 g/mol. The summed E-state index contributed by atoms with van der Waals surface area (Å²) in [6.07, 6.45) is 11.9. The van der Waals surface area contributed by atoms with E-state index in [0.29, 0.717) is 113 Å². The number of imidazole rings is 2. The molecule has 76 heavy (non-hydrogen) atoms. The van der Waals surface area contributed by atoms with E-state index in [9.17, 15) is 4.79 Å². The lowest BCUT2D eigenvalue weighted by Gasteiger charge is -2.46. The number of rotatable bonds is 12. The molecule has 8 aromatic rings. The van der Waals surface area contributed by atoms with Crippen molar-refractivity contribution in [3.63, 3.8) is 0 Å². The summed E-state index contributed by atoms with van der Waals surface area (Å²) in [5, 5.41) is 0. The van der Waals surface area contributed by atoms with E-state index in [0.717, 1.165) is 72.6 Å². The molecule has 4 aliphatic heterocycles. The van der Waals surface area contributed by atoms with Crippen molar-refractivity contribution in [1.29, 1.82) is 0 Å². The molecule has 4 N–H and O–H groups in total. The van der Waals surface area contributed by atoms with Gasteiger partial charge in [-0.1, -0.05) is 48.5 Å². The maximum Gasteiger partial charge on any atom is 0.321 e. The molecule has 0 bridgehead atoms. The van der Waals surface area contributed by atoms with Gasteiger partial charge in [-0.2, -0.15) is 9.97 Å². The van der Waals surface area contributed by atoms with Gasteiger partial charge in [0.05, 0.1) is 51.2 Å². The average molecular weight is 1030 g/mol. The second-order valence-corrected chi connectivity index (χ2v) is 20.0. The molecule has 6 aromatic heterocycles. The van der Waals surface area contributed by atoms with Gasteiger partial charge in [-0.25, -0.2) is 44.7 Å². The zero-order chi connectivity index (χ0) is 51.7. The van der Waals surface area contributed by atoms with Crippen molar-refractivity contribution in [3.05, 3.63) is 108 Å². The Morgan fingerprint density at radius 1 is 0.526 bits per heavy atom. The van der Waals surface area contributed by atoms with E-state index in [1.807, 2.05) is 12.7 Å². The van der Waals surface area contributed by atoms with E-state index >= 15 is 0 Å². The number of anilines is 4. The van der Waals surface area contributed by atoms with E-state index in [4.69, 9.17) is 50.8 Å². The van der Waals surface area contributed by atoms with Crippen LogP contribution in [0.15, 0.2) is 86.0 Å². The predicted molar refractivity (Wildman–Crippen MR) is 287 cm³/mol. The molecule has 2 aromatic carbocycles. The first-order chi connectivity index (χ1) is 37.2. The molecule has 392 valence electrons.